The van der Waals surface area contributed by atoms with Crippen LogP contribution >= 0.6 is 0 Å². The molecule has 0 rings (SSSR count). The van der Waals surface area contributed by atoms with E-state index in [0.717, 1.165) is 44.9 Å². The molecule has 0 spiro atoms. The molecule has 0 saturated carbocycles. The van der Waals surface area contributed by atoms with Crippen LogP contribution in [0.3, 0.4) is 0 Å². The number of hydrogen-bond acceptors (Lipinski definition) is 7. The summed E-state index contributed by atoms with van der Waals surface area (Å²) in [6.07, 6.45) is 44.8. The fraction of sp³-hybridized carbons (Fsp3) is 0.857. The van der Waals surface area contributed by atoms with Crippen LogP contribution in [0.1, 0.15) is 219 Å². The van der Waals surface area contributed by atoms with Crippen LogP contribution in [0.25, 0.3) is 0 Å². The van der Waals surface area contributed by atoms with Gasteiger partial charge in [0, 0.05) is 19.3 Å². The fourth-order valence-corrected chi connectivity index (χ4v) is 7.10. The molecule has 8 heteroatoms. The minimum Gasteiger partial charge on any atom is -0.544 e. The number of aliphatic carboxylic acids is 1. The highest BCUT2D eigenvalue weighted by Gasteiger charge is 2.25. The van der Waals surface area contributed by atoms with Gasteiger partial charge in [0.1, 0.15) is 12.6 Å². The Bertz CT molecular complexity index is 989. The van der Waals surface area contributed by atoms with E-state index in [-0.39, 0.29) is 42.7 Å². The number of esters is 2. The molecule has 0 aromatic carbocycles. The maximum atomic E-state index is 12.7. The molecule has 0 aliphatic rings. The van der Waals surface area contributed by atoms with Gasteiger partial charge in [-0.15, -0.1) is 0 Å². The Morgan fingerprint density at radius 3 is 1.39 bits per heavy atom. The molecule has 0 aliphatic carbocycles. The first-order valence-electron chi connectivity index (χ1n) is 23.9. The van der Waals surface area contributed by atoms with Crippen LogP contribution in [-0.2, 0) is 28.6 Å². The lowest BCUT2D eigenvalue weighted by Gasteiger charge is -2.34. The molecular weight excluding hydrogens is 715 g/mol. The first-order chi connectivity index (χ1) is 27.6. The van der Waals surface area contributed by atoms with Crippen molar-refractivity contribution in [2.75, 3.05) is 41.0 Å². The van der Waals surface area contributed by atoms with E-state index in [4.69, 9.17) is 14.2 Å². The van der Waals surface area contributed by atoms with Crippen LogP contribution in [0.5, 0.6) is 0 Å². The number of carboxylic acids is 1. The topological polar surface area (TPSA) is 102 Å². The van der Waals surface area contributed by atoms with Gasteiger partial charge < -0.3 is 28.6 Å². The van der Waals surface area contributed by atoms with Crippen molar-refractivity contribution in [1.29, 1.82) is 0 Å². The minimum absolute atomic E-state index is 0.0433. The second kappa shape index (κ2) is 40.6. The Kier molecular flexibility index (Phi) is 39.0. The Balaban J connectivity index is 4.27. The van der Waals surface area contributed by atoms with Gasteiger partial charge in [-0.25, -0.2) is 0 Å². The number of hydrogen-bond donors (Lipinski definition) is 0. The van der Waals surface area contributed by atoms with Crippen molar-refractivity contribution in [2.45, 2.75) is 231 Å². The van der Waals surface area contributed by atoms with Crippen molar-refractivity contribution in [3.05, 3.63) is 24.3 Å². The minimum atomic E-state index is -1.12. The third-order valence-electron chi connectivity index (χ3n) is 10.8. The van der Waals surface area contributed by atoms with Crippen LogP contribution < -0.4 is 5.11 Å². The average molecular weight is 806 g/mol. The SMILES string of the molecule is CCCCC/C=C\C/C=C\CCCCCCCCCCCC(=O)OC(COCCC(C(=O)[O-])[N+](C)(C)C)COC(=O)CCCCCCCCCCCCCCCC. The third kappa shape index (κ3) is 39.1. The van der Waals surface area contributed by atoms with Crippen molar-refractivity contribution in [3.8, 4) is 0 Å². The standard InChI is InChI=1S/C49H91NO7/c1-6-8-10-12-14-16-18-20-22-23-24-25-26-28-30-32-34-36-38-40-48(52)57-45(43-55-42-41-46(49(53)54)50(3,4)5)44-56-47(51)39-37-35-33-31-29-27-21-19-17-15-13-11-9-7-2/h14,16,20,22,45-46H,6-13,15,17-19,21,23-44H2,1-5H3/b16-14-,22-20-. The van der Waals surface area contributed by atoms with Crippen molar-refractivity contribution in [1.82, 2.24) is 0 Å². The zero-order valence-corrected chi connectivity index (χ0v) is 38.0. The van der Waals surface area contributed by atoms with Crippen LogP contribution in [0.2, 0.25) is 0 Å². The van der Waals surface area contributed by atoms with Crippen LogP contribution in [0.4, 0.5) is 0 Å². The van der Waals surface area contributed by atoms with Crippen LogP contribution in [0, 0.1) is 0 Å². The third-order valence-corrected chi connectivity index (χ3v) is 10.8. The van der Waals surface area contributed by atoms with E-state index in [1.54, 1.807) is 21.1 Å². The number of likely N-dealkylation sites (N-methyl/N-ethyl adjacent to an activating group) is 1. The molecular formula is C49H91NO7. The zero-order chi connectivity index (χ0) is 42.1. The number of nitrogens with zero attached hydrogens (tertiary/aromatic N) is 1. The molecule has 0 heterocycles. The summed E-state index contributed by atoms with van der Waals surface area (Å²) in [7, 11) is 5.42. The monoisotopic (exact) mass is 806 g/mol. The quantitative estimate of drug-likeness (QED) is 0.0262. The molecule has 2 unspecified atom stereocenters. The predicted molar refractivity (Wildman–Crippen MR) is 236 cm³/mol. The van der Waals surface area contributed by atoms with E-state index in [1.807, 2.05) is 0 Å². The summed E-state index contributed by atoms with van der Waals surface area (Å²) in [6.45, 7) is 4.66. The van der Waals surface area contributed by atoms with Gasteiger partial charge in [-0.1, -0.05) is 179 Å². The highest BCUT2D eigenvalue weighted by atomic mass is 16.6. The summed E-state index contributed by atoms with van der Waals surface area (Å²) in [4.78, 5) is 36.9. The molecule has 0 aromatic heterocycles. The maximum Gasteiger partial charge on any atom is 0.306 e. The number of ether oxygens (including phenoxy) is 3. The van der Waals surface area contributed by atoms with E-state index in [2.05, 4.69) is 38.2 Å². The smallest absolute Gasteiger partial charge is 0.306 e. The van der Waals surface area contributed by atoms with Crippen molar-refractivity contribution < 1.29 is 38.2 Å². The van der Waals surface area contributed by atoms with E-state index < -0.39 is 18.1 Å². The Morgan fingerprint density at radius 1 is 0.526 bits per heavy atom. The summed E-state index contributed by atoms with van der Waals surface area (Å²) in [6, 6.07) is -0.723. The summed E-state index contributed by atoms with van der Waals surface area (Å²) >= 11 is 0. The Labute approximate surface area is 351 Å². The highest BCUT2D eigenvalue weighted by Crippen LogP contribution is 2.15. The van der Waals surface area contributed by atoms with Gasteiger partial charge in [-0.2, -0.15) is 0 Å². The van der Waals surface area contributed by atoms with Gasteiger partial charge in [0.05, 0.1) is 40.3 Å². The van der Waals surface area contributed by atoms with Gasteiger partial charge >= 0.3 is 11.9 Å². The van der Waals surface area contributed by atoms with Gasteiger partial charge in [0.25, 0.3) is 0 Å². The van der Waals surface area contributed by atoms with Gasteiger partial charge in [-0.3, -0.25) is 9.59 Å². The lowest BCUT2D eigenvalue weighted by molar-refractivity contribution is -0.889. The zero-order valence-electron chi connectivity index (χ0n) is 38.0. The molecule has 0 fully saturated rings. The number of carboxylic acid groups (broad SMARTS) is 1. The number of quaternary nitrogens is 1. The van der Waals surface area contributed by atoms with E-state index in [1.165, 1.54) is 141 Å². The lowest BCUT2D eigenvalue weighted by Crippen LogP contribution is -2.55. The number of carbonyl (C=O) groups excluding carboxylic acids is 3. The first kappa shape index (κ1) is 54.8. The first-order valence-corrected chi connectivity index (χ1v) is 23.9. The molecule has 8 nitrogen and oxygen atoms in total. The molecule has 0 bridgehead atoms. The highest BCUT2D eigenvalue weighted by molar-refractivity contribution is 5.70. The molecule has 0 saturated heterocycles. The molecule has 334 valence electrons. The molecule has 2 atom stereocenters. The van der Waals surface area contributed by atoms with Crippen LogP contribution in [0.15, 0.2) is 24.3 Å². The molecule has 0 radical (unpaired) electrons. The second-order valence-corrected chi connectivity index (χ2v) is 17.4. The number of unbranched alkanes of at least 4 members (excludes halogenated alkanes) is 25. The molecule has 0 amide bonds. The van der Waals surface area contributed by atoms with Crippen molar-refractivity contribution >= 4 is 17.9 Å². The number of carbonyl (C=O) groups is 3. The Hall–Kier alpha value is -2.19. The Morgan fingerprint density at radius 2 is 0.930 bits per heavy atom. The molecule has 57 heavy (non-hydrogen) atoms. The summed E-state index contributed by atoms with van der Waals surface area (Å²) < 4.78 is 17.2. The molecule has 0 aromatic rings. The second-order valence-electron chi connectivity index (χ2n) is 17.4. The summed E-state index contributed by atoms with van der Waals surface area (Å²) in [5, 5.41) is 11.6. The maximum absolute atomic E-state index is 12.7. The average Bonchev–Trinajstić information content (AvgIpc) is 3.17. The number of allylic oxidation sites excluding steroid dienone is 4. The van der Waals surface area contributed by atoms with E-state index >= 15 is 0 Å². The van der Waals surface area contributed by atoms with Crippen molar-refractivity contribution in [2.24, 2.45) is 0 Å². The normalized spacial score (nSPS) is 13.1. The lowest BCUT2D eigenvalue weighted by atomic mass is 10.0. The van der Waals surface area contributed by atoms with Crippen LogP contribution in [-0.4, -0.2) is 75.5 Å². The summed E-state index contributed by atoms with van der Waals surface area (Å²) in [5.74, 6) is -1.73. The van der Waals surface area contributed by atoms with Gasteiger partial charge in [-0.05, 0) is 44.9 Å². The van der Waals surface area contributed by atoms with Gasteiger partial charge in [0.15, 0.2) is 6.10 Å². The van der Waals surface area contributed by atoms with E-state index in [0.29, 0.717) is 12.8 Å². The number of rotatable bonds is 43. The molecule has 0 N–H and O–H groups in total. The summed E-state index contributed by atoms with van der Waals surface area (Å²) in [5.41, 5.74) is 0. The predicted octanol–water partition coefficient (Wildman–Crippen LogP) is 11.9. The fourth-order valence-electron chi connectivity index (χ4n) is 7.10. The van der Waals surface area contributed by atoms with Crippen molar-refractivity contribution in [3.63, 3.8) is 0 Å². The van der Waals surface area contributed by atoms with E-state index in [9.17, 15) is 19.5 Å². The largest absolute Gasteiger partial charge is 0.544 e. The molecule has 0 aliphatic heterocycles. The van der Waals surface area contributed by atoms with Gasteiger partial charge in [0.2, 0.25) is 0 Å².